The highest BCUT2D eigenvalue weighted by Gasteiger charge is 2.32. The number of rotatable bonds is 4. The second-order valence-corrected chi connectivity index (χ2v) is 7.60. The zero-order valence-corrected chi connectivity index (χ0v) is 14.8. The van der Waals surface area contributed by atoms with Crippen molar-refractivity contribution in [3.05, 3.63) is 11.1 Å². The molecular formula is C17H26N4O2S. The van der Waals surface area contributed by atoms with Crippen LogP contribution >= 0.6 is 11.3 Å². The number of thiazole rings is 1. The van der Waals surface area contributed by atoms with Gasteiger partial charge in [-0.25, -0.2) is 9.78 Å². The smallest absolute Gasteiger partial charge is 0.324 e. The molecule has 0 aliphatic heterocycles. The Morgan fingerprint density at radius 1 is 1.17 bits per heavy atom. The van der Waals surface area contributed by atoms with Crippen molar-refractivity contribution in [1.82, 2.24) is 9.88 Å². The topological polar surface area (TPSA) is 77.8 Å². The number of carbonyl (C=O) groups is 1. The normalized spacial score (nSPS) is 20.3. The number of nitrogens with zero attached hydrogens (tertiary/aromatic N) is 3. The van der Waals surface area contributed by atoms with Gasteiger partial charge in [-0.15, -0.1) is 11.3 Å². The van der Waals surface area contributed by atoms with Gasteiger partial charge in [-0.05, 0) is 25.7 Å². The molecule has 0 aromatic carbocycles. The molecule has 2 fully saturated rings. The highest BCUT2D eigenvalue weighted by molar-refractivity contribution is 7.14. The molecule has 132 valence electrons. The quantitative estimate of drug-likeness (QED) is 0.478. The molecule has 6 nitrogen and oxygen atoms in total. The number of urea groups is 1. The van der Waals surface area contributed by atoms with Crippen LogP contribution in [0.15, 0.2) is 10.5 Å². The molecule has 1 aromatic rings. The molecule has 1 aromatic heterocycles. The largest absolute Gasteiger partial charge is 0.411 e. The van der Waals surface area contributed by atoms with Gasteiger partial charge in [0.25, 0.3) is 0 Å². The SMILES string of the molecule is O=C(Nc1nc(C=NO)cs1)N(C1CCCCC1)C1CCCCC1. The van der Waals surface area contributed by atoms with Gasteiger partial charge < -0.3 is 10.1 Å². The van der Waals surface area contributed by atoms with Gasteiger partial charge in [-0.3, -0.25) is 5.32 Å². The third-order valence-electron chi connectivity index (χ3n) is 5.10. The summed E-state index contributed by atoms with van der Waals surface area (Å²) in [5.74, 6) is 0. The summed E-state index contributed by atoms with van der Waals surface area (Å²) in [6.45, 7) is 0. The lowest BCUT2D eigenvalue weighted by atomic mass is 9.89. The molecule has 0 saturated heterocycles. The van der Waals surface area contributed by atoms with Gasteiger partial charge >= 0.3 is 6.03 Å². The zero-order chi connectivity index (χ0) is 16.8. The van der Waals surface area contributed by atoms with E-state index in [1.165, 1.54) is 56.1 Å². The molecule has 2 aliphatic rings. The molecule has 7 heteroatoms. The van der Waals surface area contributed by atoms with E-state index in [0.29, 0.717) is 22.9 Å². The number of nitrogens with one attached hydrogen (secondary N) is 1. The highest BCUT2D eigenvalue weighted by Crippen LogP contribution is 2.31. The summed E-state index contributed by atoms with van der Waals surface area (Å²) in [5.41, 5.74) is 0.555. The van der Waals surface area contributed by atoms with E-state index >= 15 is 0 Å². The molecule has 0 spiro atoms. The first kappa shape index (κ1) is 17.2. The Kier molecular flexibility index (Phi) is 6.07. The van der Waals surface area contributed by atoms with Crippen LogP contribution in [-0.4, -0.2) is 39.4 Å². The van der Waals surface area contributed by atoms with E-state index in [1.54, 1.807) is 5.38 Å². The number of amides is 2. The van der Waals surface area contributed by atoms with Crippen LogP contribution in [0.1, 0.15) is 69.9 Å². The predicted molar refractivity (Wildman–Crippen MR) is 96.1 cm³/mol. The van der Waals surface area contributed by atoms with Crippen LogP contribution in [0.5, 0.6) is 0 Å². The summed E-state index contributed by atoms with van der Waals surface area (Å²) in [6.07, 6.45) is 13.2. The van der Waals surface area contributed by atoms with Crippen molar-refractivity contribution < 1.29 is 10.0 Å². The maximum atomic E-state index is 13.0. The van der Waals surface area contributed by atoms with Crippen LogP contribution in [0.2, 0.25) is 0 Å². The lowest BCUT2D eigenvalue weighted by Crippen LogP contribution is -2.50. The molecule has 2 saturated carbocycles. The second-order valence-electron chi connectivity index (χ2n) is 6.74. The minimum atomic E-state index is -0.0179. The molecular weight excluding hydrogens is 324 g/mol. The van der Waals surface area contributed by atoms with E-state index in [2.05, 4.69) is 20.4 Å². The summed E-state index contributed by atoms with van der Waals surface area (Å²) in [4.78, 5) is 19.4. The first-order valence-electron chi connectivity index (χ1n) is 9.00. The van der Waals surface area contributed by atoms with Crippen molar-refractivity contribution in [2.24, 2.45) is 5.16 Å². The van der Waals surface area contributed by atoms with Gasteiger partial charge in [0.1, 0.15) is 0 Å². The number of anilines is 1. The number of aromatic nitrogens is 1. The van der Waals surface area contributed by atoms with Crippen LogP contribution < -0.4 is 5.32 Å². The standard InChI is InChI=1S/C17H26N4O2S/c22-17(20-16-19-13(11-18-23)12-24-16)21(14-7-3-1-4-8-14)15-9-5-2-6-10-15/h11-12,14-15,23H,1-10H2,(H,19,20,22). The van der Waals surface area contributed by atoms with E-state index in [4.69, 9.17) is 5.21 Å². The van der Waals surface area contributed by atoms with Crippen molar-refractivity contribution in [2.45, 2.75) is 76.3 Å². The molecule has 3 rings (SSSR count). The van der Waals surface area contributed by atoms with E-state index in [9.17, 15) is 4.79 Å². The second kappa shape index (κ2) is 8.46. The predicted octanol–water partition coefficient (Wildman–Crippen LogP) is 4.45. The number of oxime groups is 1. The number of hydrogen-bond donors (Lipinski definition) is 2. The van der Waals surface area contributed by atoms with Crippen LogP contribution in [0.25, 0.3) is 0 Å². The maximum absolute atomic E-state index is 13.0. The third kappa shape index (κ3) is 4.26. The van der Waals surface area contributed by atoms with Crippen molar-refractivity contribution in [3.8, 4) is 0 Å². The summed E-state index contributed by atoms with van der Waals surface area (Å²) < 4.78 is 0. The minimum Gasteiger partial charge on any atom is -0.411 e. The third-order valence-corrected chi connectivity index (χ3v) is 5.87. The van der Waals surface area contributed by atoms with Gasteiger partial charge in [-0.2, -0.15) is 0 Å². The van der Waals surface area contributed by atoms with Gasteiger partial charge in [-0.1, -0.05) is 43.7 Å². The van der Waals surface area contributed by atoms with Crippen molar-refractivity contribution >= 4 is 28.7 Å². The molecule has 0 bridgehead atoms. The van der Waals surface area contributed by atoms with Crippen molar-refractivity contribution in [2.75, 3.05) is 5.32 Å². The van der Waals surface area contributed by atoms with E-state index < -0.39 is 0 Å². The Morgan fingerprint density at radius 2 is 1.75 bits per heavy atom. The Labute approximate surface area is 147 Å². The molecule has 24 heavy (non-hydrogen) atoms. The number of hydrogen-bond acceptors (Lipinski definition) is 5. The average molecular weight is 350 g/mol. The van der Waals surface area contributed by atoms with Crippen molar-refractivity contribution in [3.63, 3.8) is 0 Å². The van der Waals surface area contributed by atoms with Crippen LogP contribution in [0, 0.1) is 0 Å². The fourth-order valence-electron chi connectivity index (χ4n) is 3.97. The van der Waals surface area contributed by atoms with Gasteiger partial charge in [0.2, 0.25) is 0 Å². The molecule has 0 radical (unpaired) electrons. The summed E-state index contributed by atoms with van der Waals surface area (Å²) in [5, 5.41) is 16.8. The van der Waals surface area contributed by atoms with E-state index in [-0.39, 0.29) is 6.03 Å². The van der Waals surface area contributed by atoms with E-state index in [1.807, 2.05) is 0 Å². The van der Waals surface area contributed by atoms with Crippen molar-refractivity contribution in [1.29, 1.82) is 0 Å². The maximum Gasteiger partial charge on any atom is 0.324 e. The fraction of sp³-hybridized carbons (Fsp3) is 0.706. The summed E-state index contributed by atoms with van der Waals surface area (Å²) >= 11 is 1.36. The molecule has 2 N–H and O–H groups in total. The Hall–Kier alpha value is -1.63. The first-order chi connectivity index (χ1) is 11.8. The lowest BCUT2D eigenvalue weighted by molar-refractivity contribution is 0.114. The average Bonchev–Trinajstić information content (AvgIpc) is 3.04. The summed E-state index contributed by atoms with van der Waals surface area (Å²) in [7, 11) is 0. The number of carbonyl (C=O) groups excluding carboxylic acids is 1. The fourth-order valence-corrected chi connectivity index (χ4v) is 4.62. The van der Waals surface area contributed by atoms with E-state index in [0.717, 1.165) is 25.7 Å². The van der Waals surface area contributed by atoms with Gasteiger partial charge in [0, 0.05) is 17.5 Å². The molecule has 0 unspecified atom stereocenters. The molecule has 1 heterocycles. The van der Waals surface area contributed by atoms with Gasteiger partial charge in [0.05, 0.1) is 11.9 Å². The van der Waals surface area contributed by atoms with Crippen LogP contribution in [0.4, 0.5) is 9.93 Å². The Morgan fingerprint density at radius 3 is 2.29 bits per heavy atom. The molecule has 2 amide bonds. The first-order valence-corrected chi connectivity index (χ1v) is 9.88. The summed E-state index contributed by atoms with van der Waals surface area (Å²) in [6, 6.07) is 0.705. The molecule has 0 atom stereocenters. The Bertz CT molecular complexity index is 545. The molecule has 2 aliphatic carbocycles. The van der Waals surface area contributed by atoms with Crippen LogP contribution in [0.3, 0.4) is 0 Å². The zero-order valence-electron chi connectivity index (χ0n) is 14.0. The monoisotopic (exact) mass is 350 g/mol. The highest BCUT2D eigenvalue weighted by atomic mass is 32.1. The lowest BCUT2D eigenvalue weighted by Gasteiger charge is -2.41. The van der Waals surface area contributed by atoms with Gasteiger partial charge in [0.15, 0.2) is 5.13 Å². The minimum absolute atomic E-state index is 0.0179. The van der Waals surface area contributed by atoms with Crippen LogP contribution in [-0.2, 0) is 0 Å². The Balaban J connectivity index is 1.71.